The molecule has 0 aromatic heterocycles. The summed E-state index contributed by atoms with van der Waals surface area (Å²) in [4.78, 5) is 22.9. The Kier molecular flexibility index (Phi) is 3.55. The Morgan fingerprint density at radius 1 is 1.67 bits per heavy atom. The molecule has 1 rings (SSSR count). The summed E-state index contributed by atoms with van der Waals surface area (Å²) in [6.07, 6.45) is 1.82. The van der Waals surface area contributed by atoms with E-state index in [1.807, 2.05) is 13.8 Å². The van der Waals surface area contributed by atoms with E-state index in [1.54, 1.807) is 4.90 Å². The predicted octanol–water partition coefficient (Wildman–Crippen LogP) is 0.729. The van der Waals surface area contributed by atoms with Crippen LogP contribution >= 0.6 is 0 Å². The van der Waals surface area contributed by atoms with Gasteiger partial charge in [-0.2, -0.15) is 0 Å². The predicted molar refractivity (Wildman–Crippen MR) is 55.1 cm³/mol. The van der Waals surface area contributed by atoms with Crippen LogP contribution in [0.5, 0.6) is 0 Å². The van der Waals surface area contributed by atoms with Gasteiger partial charge in [-0.1, -0.05) is 0 Å². The maximum absolute atomic E-state index is 10.6. The maximum Gasteiger partial charge on any atom is 0.405 e. The number of rotatable bonds is 4. The lowest BCUT2D eigenvalue weighted by molar-refractivity contribution is -0.117. The Balaban J connectivity index is 2.41. The largest absolute Gasteiger partial charge is 0.444 e. The third-order valence-corrected chi connectivity index (χ3v) is 2.62. The molecule has 5 heteroatoms. The number of ether oxygens (including phenoxy) is 1. The molecule has 1 unspecified atom stereocenters. The van der Waals surface area contributed by atoms with Gasteiger partial charge in [0, 0.05) is 13.1 Å². The van der Waals surface area contributed by atoms with Crippen molar-refractivity contribution in [3.63, 3.8) is 0 Å². The number of carbonyl (C=O) groups excluding carboxylic acids is 2. The number of hydrogen-bond donors (Lipinski definition) is 1. The van der Waals surface area contributed by atoms with E-state index >= 15 is 0 Å². The highest BCUT2D eigenvalue weighted by Crippen LogP contribution is 2.26. The summed E-state index contributed by atoms with van der Waals surface area (Å²) in [5, 5.41) is 0. The molecule has 5 nitrogen and oxygen atoms in total. The van der Waals surface area contributed by atoms with Gasteiger partial charge in [-0.3, -0.25) is 4.79 Å². The van der Waals surface area contributed by atoms with E-state index in [4.69, 9.17) is 10.5 Å². The van der Waals surface area contributed by atoms with Crippen LogP contribution in [0.15, 0.2) is 0 Å². The first-order valence-electron chi connectivity index (χ1n) is 5.11. The van der Waals surface area contributed by atoms with Gasteiger partial charge in [-0.25, -0.2) is 4.79 Å². The smallest absolute Gasteiger partial charge is 0.405 e. The molecule has 1 atom stereocenters. The van der Waals surface area contributed by atoms with E-state index in [0.717, 1.165) is 32.3 Å². The molecule has 1 aliphatic rings. The first-order chi connectivity index (χ1) is 6.93. The van der Waals surface area contributed by atoms with Crippen LogP contribution in [0.25, 0.3) is 0 Å². The Labute approximate surface area is 89.6 Å². The fraction of sp³-hybridized carbons (Fsp3) is 0.800. The van der Waals surface area contributed by atoms with Gasteiger partial charge in [0.2, 0.25) is 6.41 Å². The van der Waals surface area contributed by atoms with Gasteiger partial charge in [0.1, 0.15) is 5.60 Å². The Bertz CT molecular complexity index is 253. The summed E-state index contributed by atoms with van der Waals surface area (Å²) in [5.74, 6) is 0.393. The third kappa shape index (κ3) is 3.77. The van der Waals surface area contributed by atoms with Crippen LogP contribution in [0.2, 0.25) is 0 Å². The van der Waals surface area contributed by atoms with Crippen LogP contribution in [0.1, 0.15) is 26.7 Å². The molecule has 0 aliphatic carbocycles. The Morgan fingerprint density at radius 3 is 2.80 bits per heavy atom. The zero-order valence-electron chi connectivity index (χ0n) is 9.23. The molecular weight excluding hydrogens is 196 g/mol. The number of amides is 2. The van der Waals surface area contributed by atoms with Crippen LogP contribution < -0.4 is 5.73 Å². The second-order valence-corrected chi connectivity index (χ2v) is 4.64. The topological polar surface area (TPSA) is 72.6 Å². The number of likely N-dealkylation sites (tertiary alicyclic amines) is 1. The quantitative estimate of drug-likeness (QED) is 0.701. The van der Waals surface area contributed by atoms with Gasteiger partial charge >= 0.3 is 6.09 Å². The fourth-order valence-corrected chi connectivity index (χ4v) is 2.13. The lowest BCUT2D eigenvalue weighted by atomic mass is 9.93. The highest BCUT2D eigenvalue weighted by atomic mass is 16.6. The van der Waals surface area contributed by atoms with E-state index in [-0.39, 0.29) is 0 Å². The van der Waals surface area contributed by atoms with Crippen molar-refractivity contribution in [1.29, 1.82) is 0 Å². The molecule has 0 radical (unpaired) electrons. The maximum atomic E-state index is 10.6. The standard InChI is InChI=1S/C10H18N2O3/c1-10(2,15-9(11)14)5-8-3-4-12(6-8)7-13/h7-8H,3-6H2,1-2H3,(H2,11,14). The molecule has 2 N–H and O–H groups in total. The minimum atomic E-state index is -0.745. The Hall–Kier alpha value is -1.26. The fourth-order valence-electron chi connectivity index (χ4n) is 2.13. The average molecular weight is 214 g/mol. The molecule has 1 fully saturated rings. The summed E-state index contributed by atoms with van der Waals surface area (Å²) in [5.41, 5.74) is 4.43. The number of carbonyl (C=O) groups is 2. The van der Waals surface area contributed by atoms with Crippen molar-refractivity contribution in [3.05, 3.63) is 0 Å². The number of primary amides is 1. The van der Waals surface area contributed by atoms with E-state index in [0.29, 0.717) is 5.92 Å². The van der Waals surface area contributed by atoms with Gasteiger partial charge in [0.25, 0.3) is 0 Å². The molecule has 2 amide bonds. The number of nitrogens with two attached hydrogens (primary N) is 1. The summed E-state index contributed by atoms with van der Waals surface area (Å²) < 4.78 is 5.00. The summed E-state index contributed by atoms with van der Waals surface area (Å²) >= 11 is 0. The lowest BCUT2D eigenvalue weighted by Crippen LogP contribution is -2.33. The lowest BCUT2D eigenvalue weighted by Gasteiger charge is -2.26. The molecule has 0 aromatic carbocycles. The van der Waals surface area contributed by atoms with E-state index in [1.165, 1.54) is 0 Å². The number of hydrogen-bond acceptors (Lipinski definition) is 3. The molecule has 1 heterocycles. The average Bonchev–Trinajstić information content (AvgIpc) is 2.48. The monoisotopic (exact) mass is 214 g/mol. The summed E-state index contributed by atoms with van der Waals surface area (Å²) in [7, 11) is 0. The van der Waals surface area contributed by atoms with Crippen molar-refractivity contribution >= 4 is 12.5 Å². The van der Waals surface area contributed by atoms with E-state index in [2.05, 4.69) is 0 Å². The van der Waals surface area contributed by atoms with Gasteiger partial charge in [-0.05, 0) is 32.6 Å². The minimum Gasteiger partial charge on any atom is -0.444 e. The molecule has 0 saturated carbocycles. The molecule has 86 valence electrons. The molecule has 0 bridgehead atoms. The molecule has 0 spiro atoms. The Morgan fingerprint density at radius 2 is 2.33 bits per heavy atom. The van der Waals surface area contributed by atoms with Crippen LogP contribution in [0, 0.1) is 5.92 Å². The van der Waals surface area contributed by atoms with Gasteiger partial charge < -0.3 is 15.4 Å². The van der Waals surface area contributed by atoms with Crippen molar-refractivity contribution < 1.29 is 14.3 Å². The van der Waals surface area contributed by atoms with Crippen molar-refractivity contribution in [1.82, 2.24) is 4.90 Å². The first kappa shape index (κ1) is 11.8. The second kappa shape index (κ2) is 4.51. The SMILES string of the molecule is CC(C)(CC1CCN(C=O)C1)OC(N)=O. The second-order valence-electron chi connectivity index (χ2n) is 4.64. The van der Waals surface area contributed by atoms with E-state index < -0.39 is 11.7 Å². The highest BCUT2D eigenvalue weighted by molar-refractivity contribution is 5.65. The van der Waals surface area contributed by atoms with Crippen LogP contribution in [0.3, 0.4) is 0 Å². The van der Waals surface area contributed by atoms with Gasteiger partial charge in [-0.15, -0.1) is 0 Å². The molecule has 1 saturated heterocycles. The van der Waals surface area contributed by atoms with Crippen LogP contribution in [-0.2, 0) is 9.53 Å². The molecule has 15 heavy (non-hydrogen) atoms. The zero-order chi connectivity index (χ0) is 11.5. The van der Waals surface area contributed by atoms with Gasteiger partial charge in [0.15, 0.2) is 0 Å². The minimum absolute atomic E-state index is 0.393. The first-order valence-corrected chi connectivity index (χ1v) is 5.11. The van der Waals surface area contributed by atoms with Crippen molar-refractivity contribution in [3.8, 4) is 0 Å². The van der Waals surface area contributed by atoms with Crippen molar-refractivity contribution in [2.45, 2.75) is 32.3 Å². The zero-order valence-corrected chi connectivity index (χ0v) is 9.23. The van der Waals surface area contributed by atoms with Crippen LogP contribution in [0.4, 0.5) is 4.79 Å². The normalized spacial score (nSPS) is 21.5. The van der Waals surface area contributed by atoms with Gasteiger partial charge in [0.05, 0.1) is 0 Å². The van der Waals surface area contributed by atoms with Crippen LogP contribution in [-0.4, -0.2) is 36.1 Å². The summed E-state index contributed by atoms with van der Waals surface area (Å²) in [6.45, 7) is 5.21. The molecule has 0 aromatic rings. The van der Waals surface area contributed by atoms with Crippen molar-refractivity contribution in [2.75, 3.05) is 13.1 Å². The highest BCUT2D eigenvalue weighted by Gasteiger charge is 2.30. The van der Waals surface area contributed by atoms with Crippen molar-refractivity contribution in [2.24, 2.45) is 11.7 Å². The number of nitrogens with zero attached hydrogens (tertiary/aromatic N) is 1. The molecular formula is C10H18N2O3. The molecule has 1 aliphatic heterocycles. The van der Waals surface area contributed by atoms with E-state index in [9.17, 15) is 9.59 Å². The summed E-state index contributed by atoms with van der Waals surface area (Å²) in [6, 6.07) is 0. The third-order valence-electron chi connectivity index (χ3n) is 2.62.